The Morgan fingerprint density at radius 1 is 1.41 bits per heavy atom. The molecule has 1 atom stereocenters. The average molecular weight is 244 g/mol. The van der Waals surface area contributed by atoms with Gasteiger partial charge in [-0.2, -0.15) is 0 Å². The molecule has 2 aliphatic rings. The van der Waals surface area contributed by atoms with Crippen LogP contribution in [0.3, 0.4) is 0 Å². The molecule has 6 heteroatoms. The van der Waals surface area contributed by atoms with E-state index < -0.39 is 5.54 Å². The lowest BCUT2D eigenvalue weighted by molar-refractivity contribution is -0.149. The number of carbonyl (C=O) groups is 1. The van der Waals surface area contributed by atoms with Crippen molar-refractivity contribution in [1.82, 2.24) is 4.90 Å². The number of morpholine rings is 1. The van der Waals surface area contributed by atoms with Gasteiger partial charge in [-0.3, -0.25) is 4.79 Å². The first-order chi connectivity index (χ1) is 8.15. The molecule has 2 rings (SSSR count). The zero-order valence-electron chi connectivity index (χ0n) is 9.93. The smallest absolute Gasteiger partial charge is 0.243 e. The number of aliphatic hydroxyl groups is 1. The molecule has 0 radical (unpaired) electrons. The van der Waals surface area contributed by atoms with Crippen molar-refractivity contribution >= 4 is 5.91 Å². The Hall–Kier alpha value is -0.690. The van der Waals surface area contributed by atoms with E-state index in [4.69, 9.17) is 20.3 Å². The van der Waals surface area contributed by atoms with Gasteiger partial charge in [0.05, 0.1) is 24.9 Å². The molecule has 0 spiro atoms. The summed E-state index contributed by atoms with van der Waals surface area (Å²) < 4.78 is 10.5. The lowest BCUT2D eigenvalue weighted by Gasteiger charge is -2.40. The number of hydrogen-bond donors (Lipinski definition) is 2. The zero-order chi connectivity index (χ0) is 12.3. The summed E-state index contributed by atoms with van der Waals surface area (Å²) >= 11 is 0. The molecule has 0 aromatic carbocycles. The van der Waals surface area contributed by atoms with Crippen LogP contribution in [0, 0.1) is 0 Å². The van der Waals surface area contributed by atoms with Gasteiger partial charge in [0.25, 0.3) is 0 Å². The topological polar surface area (TPSA) is 85.0 Å². The highest BCUT2D eigenvalue weighted by molar-refractivity contribution is 5.86. The van der Waals surface area contributed by atoms with Gasteiger partial charge in [-0.05, 0) is 12.8 Å². The predicted octanol–water partition coefficient (Wildman–Crippen LogP) is -1.29. The molecule has 0 bridgehead atoms. The first-order valence-electron chi connectivity index (χ1n) is 6.04. The lowest BCUT2D eigenvalue weighted by atomic mass is 9.89. The van der Waals surface area contributed by atoms with Crippen LogP contribution in [0.25, 0.3) is 0 Å². The van der Waals surface area contributed by atoms with Crippen molar-refractivity contribution in [3.63, 3.8) is 0 Å². The number of hydrogen-bond acceptors (Lipinski definition) is 5. The number of aliphatic hydroxyl groups excluding tert-OH is 1. The van der Waals surface area contributed by atoms with Crippen molar-refractivity contribution in [2.75, 3.05) is 39.5 Å². The molecule has 0 aromatic rings. The average Bonchev–Trinajstić information content (AvgIpc) is 2.39. The van der Waals surface area contributed by atoms with Crippen molar-refractivity contribution in [2.45, 2.75) is 24.5 Å². The van der Waals surface area contributed by atoms with E-state index in [-0.39, 0.29) is 18.6 Å². The summed E-state index contributed by atoms with van der Waals surface area (Å²) in [5, 5.41) is 9.05. The number of ether oxygens (including phenoxy) is 2. The second-order valence-electron chi connectivity index (χ2n) is 4.70. The van der Waals surface area contributed by atoms with Crippen LogP contribution in [-0.4, -0.2) is 67.1 Å². The summed E-state index contributed by atoms with van der Waals surface area (Å²) in [4.78, 5) is 14.0. The van der Waals surface area contributed by atoms with Crippen molar-refractivity contribution in [3.05, 3.63) is 0 Å². The van der Waals surface area contributed by atoms with E-state index in [1.165, 1.54) is 0 Å². The number of nitrogens with two attached hydrogens (primary N) is 1. The SMILES string of the molecule is NC1(C(=O)N2CCOC(CO)C2)CCOCC1. The molecule has 2 aliphatic heterocycles. The molecule has 0 aliphatic carbocycles. The molecule has 1 amide bonds. The monoisotopic (exact) mass is 244 g/mol. The minimum Gasteiger partial charge on any atom is -0.394 e. The van der Waals surface area contributed by atoms with E-state index in [1.54, 1.807) is 4.90 Å². The quantitative estimate of drug-likeness (QED) is 0.631. The first-order valence-corrected chi connectivity index (χ1v) is 6.04. The summed E-state index contributed by atoms with van der Waals surface area (Å²) in [6.07, 6.45) is 0.844. The largest absolute Gasteiger partial charge is 0.394 e. The Balaban J connectivity index is 1.98. The fourth-order valence-corrected chi connectivity index (χ4v) is 2.28. The highest BCUT2D eigenvalue weighted by Crippen LogP contribution is 2.21. The lowest BCUT2D eigenvalue weighted by Crippen LogP contribution is -2.61. The zero-order valence-corrected chi connectivity index (χ0v) is 9.93. The highest BCUT2D eigenvalue weighted by Gasteiger charge is 2.40. The maximum Gasteiger partial charge on any atom is 0.243 e. The molecule has 17 heavy (non-hydrogen) atoms. The van der Waals surface area contributed by atoms with E-state index in [0.717, 1.165) is 0 Å². The third-order valence-electron chi connectivity index (χ3n) is 3.44. The molecular weight excluding hydrogens is 224 g/mol. The Morgan fingerprint density at radius 2 is 2.12 bits per heavy atom. The first kappa shape index (κ1) is 12.8. The Labute approximate surface area is 101 Å². The second-order valence-corrected chi connectivity index (χ2v) is 4.70. The van der Waals surface area contributed by atoms with Crippen LogP contribution in [0.15, 0.2) is 0 Å². The normalized spacial score (nSPS) is 29.1. The number of amides is 1. The number of rotatable bonds is 2. The third kappa shape index (κ3) is 2.77. The second kappa shape index (κ2) is 5.30. The standard InChI is InChI=1S/C11H20N2O4/c12-11(1-4-16-5-2-11)10(15)13-3-6-17-9(7-13)8-14/h9,14H,1-8,12H2. The molecule has 0 aromatic heterocycles. The van der Waals surface area contributed by atoms with E-state index in [9.17, 15) is 4.79 Å². The van der Waals surface area contributed by atoms with Crippen molar-refractivity contribution < 1.29 is 19.4 Å². The van der Waals surface area contributed by atoms with Gasteiger partial charge in [0, 0.05) is 26.3 Å². The number of nitrogens with zero attached hydrogens (tertiary/aromatic N) is 1. The predicted molar refractivity (Wildman–Crippen MR) is 60.4 cm³/mol. The van der Waals surface area contributed by atoms with Gasteiger partial charge < -0.3 is 25.2 Å². The fourth-order valence-electron chi connectivity index (χ4n) is 2.28. The van der Waals surface area contributed by atoms with Gasteiger partial charge in [-0.25, -0.2) is 0 Å². The Kier molecular flexibility index (Phi) is 3.98. The molecular formula is C11H20N2O4. The van der Waals surface area contributed by atoms with Crippen LogP contribution in [0.2, 0.25) is 0 Å². The summed E-state index contributed by atoms with van der Waals surface area (Å²) in [6, 6.07) is 0. The van der Waals surface area contributed by atoms with E-state index >= 15 is 0 Å². The van der Waals surface area contributed by atoms with Gasteiger partial charge in [0.15, 0.2) is 0 Å². The van der Waals surface area contributed by atoms with E-state index in [2.05, 4.69) is 0 Å². The molecule has 6 nitrogen and oxygen atoms in total. The Morgan fingerprint density at radius 3 is 2.76 bits per heavy atom. The van der Waals surface area contributed by atoms with Crippen molar-refractivity contribution in [1.29, 1.82) is 0 Å². The van der Waals surface area contributed by atoms with Gasteiger partial charge in [0.2, 0.25) is 5.91 Å². The van der Waals surface area contributed by atoms with Crippen LogP contribution in [-0.2, 0) is 14.3 Å². The maximum atomic E-state index is 12.3. The minimum atomic E-state index is -0.796. The summed E-state index contributed by atoms with van der Waals surface area (Å²) in [7, 11) is 0. The van der Waals surface area contributed by atoms with E-state index in [0.29, 0.717) is 45.8 Å². The van der Waals surface area contributed by atoms with Gasteiger partial charge >= 0.3 is 0 Å². The Bertz CT molecular complexity index is 279. The summed E-state index contributed by atoms with van der Waals surface area (Å²) in [5.41, 5.74) is 5.35. The third-order valence-corrected chi connectivity index (χ3v) is 3.44. The molecule has 2 fully saturated rings. The maximum absolute atomic E-state index is 12.3. The molecule has 2 saturated heterocycles. The van der Waals surface area contributed by atoms with Crippen LogP contribution < -0.4 is 5.73 Å². The number of carbonyl (C=O) groups excluding carboxylic acids is 1. The molecule has 3 N–H and O–H groups in total. The van der Waals surface area contributed by atoms with Crippen molar-refractivity contribution in [3.8, 4) is 0 Å². The fraction of sp³-hybridized carbons (Fsp3) is 0.909. The summed E-state index contributed by atoms with van der Waals surface area (Å²) in [5.74, 6) is -0.0393. The van der Waals surface area contributed by atoms with E-state index in [1.807, 2.05) is 0 Å². The molecule has 1 unspecified atom stereocenters. The van der Waals surface area contributed by atoms with Crippen LogP contribution in [0.1, 0.15) is 12.8 Å². The van der Waals surface area contributed by atoms with Gasteiger partial charge in [0.1, 0.15) is 0 Å². The van der Waals surface area contributed by atoms with Gasteiger partial charge in [-0.1, -0.05) is 0 Å². The van der Waals surface area contributed by atoms with Crippen LogP contribution >= 0.6 is 0 Å². The van der Waals surface area contributed by atoms with Crippen LogP contribution in [0.5, 0.6) is 0 Å². The highest BCUT2D eigenvalue weighted by atomic mass is 16.5. The molecule has 0 saturated carbocycles. The van der Waals surface area contributed by atoms with Crippen LogP contribution in [0.4, 0.5) is 0 Å². The van der Waals surface area contributed by atoms with Gasteiger partial charge in [-0.15, -0.1) is 0 Å². The molecule has 98 valence electrons. The molecule has 2 heterocycles. The summed E-state index contributed by atoms with van der Waals surface area (Å²) in [6.45, 7) is 2.45. The van der Waals surface area contributed by atoms with Crippen molar-refractivity contribution in [2.24, 2.45) is 5.73 Å². The minimum absolute atomic E-state index is 0.0393.